The number of carboxylic acid groups (broad SMARTS) is 2. The van der Waals surface area contributed by atoms with Crippen molar-refractivity contribution in [2.45, 2.75) is 161 Å². The first-order valence-corrected chi connectivity index (χ1v) is 16.2. The molecule has 0 saturated heterocycles. The minimum absolute atomic E-state index is 0.297. The lowest BCUT2D eigenvalue weighted by molar-refractivity contribution is -0.138. The second-order valence-electron chi connectivity index (χ2n) is 11.2. The summed E-state index contributed by atoms with van der Waals surface area (Å²) < 4.78 is 6.34. The van der Waals surface area contributed by atoms with Crippen molar-refractivity contribution in [3.8, 4) is 5.75 Å². The number of aliphatic carboxylic acids is 2. The third kappa shape index (κ3) is 20.5. The van der Waals surface area contributed by atoms with Crippen LogP contribution >= 0.6 is 0 Å². The second-order valence-corrected chi connectivity index (χ2v) is 11.2. The summed E-state index contributed by atoms with van der Waals surface area (Å²) in [6, 6.07) is 6.62. The van der Waals surface area contributed by atoms with Gasteiger partial charge in [0.2, 0.25) is 0 Å². The number of carboxylic acids is 2. The zero-order chi connectivity index (χ0) is 28.4. The minimum atomic E-state index is -0.684. The second kappa shape index (κ2) is 25.0. The van der Waals surface area contributed by atoms with Gasteiger partial charge in [0.05, 0.1) is 6.61 Å². The molecule has 0 unspecified atom stereocenters. The van der Waals surface area contributed by atoms with Gasteiger partial charge in [0.1, 0.15) is 5.75 Å². The monoisotopic (exact) mass is 546 g/mol. The van der Waals surface area contributed by atoms with Crippen LogP contribution in [0.25, 0.3) is 0 Å². The number of carbonyl (C=O) groups is 2. The molecule has 2 N–H and O–H groups in total. The first-order valence-electron chi connectivity index (χ1n) is 16.2. The Labute approximate surface area is 239 Å². The van der Waals surface area contributed by atoms with Crippen LogP contribution in [0.2, 0.25) is 0 Å². The molecule has 0 amide bonds. The number of unbranched alkanes of at least 4 members (excludes halogenated alkanes) is 17. The standard InChI is InChI=1S/C34H58O5/c1-2-3-4-5-16-21-29-39-32-26-22-24-30(23-17-12-8-6-10-14-19-27-33(35)36)31(32)25-18-13-9-7-11-15-20-28-34(37)38/h22,24,26H,2-21,23,25,27-29H2,1H3,(H,35,36)(H,37,38). The molecule has 0 spiro atoms. The average molecular weight is 547 g/mol. The lowest BCUT2D eigenvalue weighted by Crippen LogP contribution is -2.04. The van der Waals surface area contributed by atoms with E-state index in [0.29, 0.717) is 12.8 Å². The fourth-order valence-corrected chi connectivity index (χ4v) is 5.27. The van der Waals surface area contributed by atoms with Gasteiger partial charge >= 0.3 is 11.9 Å². The topological polar surface area (TPSA) is 83.8 Å². The number of rotatable bonds is 28. The van der Waals surface area contributed by atoms with E-state index in [1.165, 1.54) is 94.6 Å². The molecule has 5 heteroatoms. The molecular formula is C34H58O5. The van der Waals surface area contributed by atoms with Gasteiger partial charge in [-0.05, 0) is 62.1 Å². The van der Waals surface area contributed by atoms with Crippen LogP contribution in [0.5, 0.6) is 5.75 Å². The lowest BCUT2D eigenvalue weighted by atomic mass is 9.95. The van der Waals surface area contributed by atoms with Gasteiger partial charge in [0, 0.05) is 12.8 Å². The zero-order valence-electron chi connectivity index (χ0n) is 25.0. The van der Waals surface area contributed by atoms with Crippen LogP contribution in [0.3, 0.4) is 0 Å². The maximum atomic E-state index is 10.6. The fraction of sp³-hybridized carbons (Fsp3) is 0.765. The number of benzene rings is 1. The third-order valence-electron chi connectivity index (χ3n) is 7.64. The molecule has 0 aliphatic carbocycles. The maximum absolute atomic E-state index is 10.6. The highest BCUT2D eigenvalue weighted by Gasteiger charge is 2.10. The molecule has 0 aromatic heterocycles. The Kier molecular flexibility index (Phi) is 22.4. The third-order valence-corrected chi connectivity index (χ3v) is 7.64. The van der Waals surface area contributed by atoms with Crippen LogP contribution in [-0.4, -0.2) is 28.8 Å². The van der Waals surface area contributed by atoms with Crippen LogP contribution in [0.15, 0.2) is 18.2 Å². The van der Waals surface area contributed by atoms with Crippen molar-refractivity contribution in [2.24, 2.45) is 0 Å². The average Bonchev–Trinajstić information content (AvgIpc) is 2.91. The molecule has 5 nitrogen and oxygen atoms in total. The number of aryl methyl sites for hydroxylation is 1. The molecule has 0 aliphatic rings. The van der Waals surface area contributed by atoms with Crippen molar-refractivity contribution < 1.29 is 24.5 Å². The normalized spacial score (nSPS) is 11.1. The fourth-order valence-electron chi connectivity index (χ4n) is 5.27. The molecule has 1 aromatic carbocycles. The van der Waals surface area contributed by atoms with Crippen molar-refractivity contribution in [1.82, 2.24) is 0 Å². The summed E-state index contributed by atoms with van der Waals surface area (Å²) in [7, 11) is 0. The van der Waals surface area contributed by atoms with Gasteiger partial charge in [-0.1, -0.05) is 115 Å². The van der Waals surface area contributed by atoms with E-state index in [9.17, 15) is 9.59 Å². The molecule has 0 saturated carbocycles. The Morgan fingerprint density at radius 3 is 1.59 bits per heavy atom. The first-order chi connectivity index (χ1) is 19.0. The summed E-state index contributed by atoms with van der Waals surface area (Å²) in [6.07, 6.45) is 26.0. The predicted octanol–water partition coefficient (Wildman–Crippen LogP) is 9.92. The first kappa shape index (κ1) is 35.0. The highest BCUT2D eigenvalue weighted by molar-refractivity contribution is 5.66. The summed E-state index contributed by atoms with van der Waals surface area (Å²) in [6.45, 7) is 3.06. The number of hydrogen-bond donors (Lipinski definition) is 2. The summed E-state index contributed by atoms with van der Waals surface area (Å²) in [5.41, 5.74) is 2.86. The predicted molar refractivity (Wildman–Crippen MR) is 162 cm³/mol. The highest BCUT2D eigenvalue weighted by Crippen LogP contribution is 2.27. The van der Waals surface area contributed by atoms with E-state index in [2.05, 4.69) is 25.1 Å². The summed E-state index contributed by atoms with van der Waals surface area (Å²) >= 11 is 0. The van der Waals surface area contributed by atoms with Crippen LogP contribution < -0.4 is 4.74 Å². The molecular weight excluding hydrogens is 488 g/mol. The van der Waals surface area contributed by atoms with E-state index in [-0.39, 0.29) is 0 Å². The summed E-state index contributed by atoms with van der Waals surface area (Å²) in [5, 5.41) is 17.5. The minimum Gasteiger partial charge on any atom is -0.493 e. The van der Waals surface area contributed by atoms with Gasteiger partial charge < -0.3 is 14.9 Å². The number of hydrogen-bond acceptors (Lipinski definition) is 3. The Balaban J connectivity index is 2.45. The van der Waals surface area contributed by atoms with Crippen molar-refractivity contribution in [3.63, 3.8) is 0 Å². The van der Waals surface area contributed by atoms with Crippen molar-refractivity contribution in [1.29, 1.82) is 0 Å². The van der Waals surface area contributed by atoms with Crippen LogP contribution in [-0.2, 0) is 22.4 Å². The Morgan fingerprint density at radius 2 is 1.05 bits per heavy atom. The van der Waals surface area contributed by atoms with Gasteiger partial charge in [0.25, 0.3) is 0 Å². The van der Waals surface area contributed by atoms with Crippen LogP contribution in [0.1, 0.15) is 159 Å². The molecule has 224 valence electrons. The van der Waals surface area contributed by atoms with Crippen LogP contribution in [0, 0.1) is 0 Å². The van der Waals surface area contributed by atoms with Gasteiger partial charge in [-0.15, -0.1) is 0 Å². The van der Waals surface area contributed by atoms with Gasteiger partial charge in [-0.3, -0.25) is 9.59 Å². The maximum Gasteiger partial charge on any atom is 0.303 e. The molecule has 0 fully saturated rings. The van der Waals surface area contributed by atoms with E-state index >= 15 is 0 Å². The molecule has 39 heavy (non-hydrogen) atoms. The summed E-state index contributed by atoms with van der Waals surface area (Å²) in [5.74, 6) is -0.277. The quantitative estimate of drug-likeness (QED) is 0.102. The lowest BCUT2D eigenvalue weighted by Gasteiger charge is -2.16. The molecule has 1 rings (SSSR count). The highest BCUT2D eigenvalue weighted by atomic mass is 16.5. The Hall–Kier alpha value is -2.04. The molecule has 0 heterocycles. The van der Waals surface area contributed by atoms with Crippen molar-refractivity contribution >= 4 is 11.9 Å². The largest absolute Gasteiger partial charge is 0.493 e. The molecule has 0 aliphatic heterocycles. The van der Waals surface area contributed by atoms with E-state index < -0.39 is 11.9 Å². The van der Waals surface area contributed by atoms with Gasteiger partial charge in [0.15, 0.2) is 0 Å². The molecule has 0 radical (unpaired) electrons. The Morgan fingerprint density at radius 1 is 0.590 bits per heavy atom. The summed E-state index contributed by atoms with van der Waals surface area (Å²) in [4.78, 5) is 21.3. The Bertz CT molecular complexity index is 745. The number of ether oxygens (including phenoxy) is 1. The van der Waals surface area contributed by atoms with E-state index in [0.717, 1.165) is 70.1 Å². The van der Waals surface area contributed by atoms with E-state index in [1.807, 2.05) is 0 Å². The molecule has 1 aromatic rings. The van der Waals surface area contributed by atoms with Crippen molar-refractivity contribution in [2.75, 3.05) is 6.61 Å². The van der Waals surface area contributed by atoms with E-state index in [4.69, 9.17) is 14.9 Å². The molecule has 0 atom stereocenters. The van der Waals surface area contributed by atoms with E-state index in [1.54, 1.807) is 0 Å². The van der Waals surface area contributed by atoms with Crippen molar-refractivity contribution in [3.05, 3.63) is 29.3 Å². The van der Waals surface area contributed by atoms with Gasteiger partial charge in [-0.25, -0.2) is 0 Å². The molecule has 0 bridgehead atoms. The van der Waals surface area contributed by atoms with Crippen LogP contribution in [0.4, 0.5) is 0 Å². The zero-order valence-corrected chi connectivity index (χ0v) is 25.0. The smallest absolute Gasteiger partial charge is 0.303 e. The SMILES string of the molecule is CCCCCCCCOc1cccc(CCCCCCCCCC(=O)O)c1CCCCCCCCCC(=O)O. The van der Waals surface area contributed by atoms with Gasteiger partial charge in [-0.2, -0.15) is 0 Å².